The highest BCUT2D eigenvalue weighted by molar-refractivity contribution is 5.96. The first-order valence-corrected chi connectivity index (χ1v) is 11.9. The molecule has 186 valence electrons. The van der Waals surface area contributed by atoms with Crippen molar-refractivity contribution in [3.63, 3.8) is 0 Å². The lowest BCUT2D eigenvalue weighted by molar-refractivity contribution is -0.137. The van der Waals surface area contributed by atoms with E-state index in [1.165, 1.54) is 11.0 Å². The number of carbonyl (C=O) groups is 1. The van der Waals surface area contributed by atoms with E-state index in [1.54, 1.807) is 6.07 Å². The first kappa shape index (κ1) is 23.9. The minimum Gasteiger partial charge on any atom is -0.494 e. The summed E-state index contributed by atoms with van der Waals surface area (Å²) in [5, 5.41) is 0. The van der Waals surface area contributed by atoms with Crippen molar-refractivity contribution in [2.45, 2.75) is 38.4 Å². The van der Waals surface area contributed by atoms with Gasteiger partial charge in [0.2, 0.25) is 5.91 Å². The molecule has 5 rings (SSSR count). The van der Waals surface area contributed by atoms with Gasteiger partial charge in [0.05, 0.1) is 23.2 Å². The number of benzene rings is 3. The number of halogens is 3. The summed E-state index contributed by atoms with van der Waals surface area (Å²) in [6, 6.07) is 20.6. The molecular weight excluding hydrogens is 467 g/mol. The number of rotatable bonds is 7. The fraction of sp³-hybridized carbons (Fsp3) is 0.286. The molecule has 0 spiro atoms. The van der Waals surface area contributed by atoms with Crippen LogP contribution in [0.25, 0.3) is 11.0 Å². The molecule has 0 unspecified atom stereocenters. The van der Waals surface area contributed by atoms with Gasteiger partial charge in [-0.3, -0.25) is 4.79 Å². The van der Waals surface area contributed by atoms with E-state index < -0.39 is 11.7 Å². The van der Waals surface area contributed by atoms with Crippen LogP contribution in [0.1, 0.15) is 35.7 Å². The number of imidazole rings is 1. The van der Waals surface area contributed by atoms with Crippen molar-refractivity contribution in [3.8, 4) is 5.75 Å². The number of carbonyl (C=O) groups excluding carboxylic acids is 1. The van der Waals surface area contributed by atoms with Gasteiger partial charge in [0.25, 0.3) is 0 Å². The number of hydrogen-bond acceptors (Lipinski definition) is 3. The highest BCUT2D eigenvalue weighted by atomic mass is 19.4. The van der Waals surface area contributed by atoms with Crippen LogP contribution in [0.15, 0.2) is 72.8 Å². The molecule has 8 heteroatoms. The lowest BCUT2D eigenvalue weighted by Crippen LogP contribution is -2.25. The van der Waals surface area contributed by atoms with Crippen molar-refractivity contribution in [3.05, 3.63) is 89.7 Å². The van der Waals surface area contributed by atoms with E-state index in [-0.39, 0.29) is 30.5 Å². The van der Waals surface area contributed by atoms with Crippen molar-refractivity contribution in [2.24, 2.45) is 0 Å². The van der Waals surface area contributed by atoms with Gasteiger partial charge in [0.1, 0.15) is 11.6 Å². The molecule has 2 heterocycles. The predicted octanol–water partition coefficient (Wildman–Crippen LogP) is 6.35. The predicted molar refractivity (Wildman–Crippen MR) is 132 cm³/mol. The van der Waals surface area contributed by atoms with Crippen molar-refractivity contribution in [2.75, 3.05) is 18.1 Å². The van der Waals surface area contributed by atoms with Gasteiger partial charge in [0.15, 0.2) is 0 Å². The third kappa shape index (κ3) is 4.94. The second-order valence-corrected chi connectivity index (χ2v) is 9.08. The Morgan fingerprint density at radius 2 is 1.83 bits per heavy atom. The third-order valence-electron chi connectivity index (χ3n) is 6.44. The maximum Gasteiger partial charge on any atom is 0.416 e. The molecule has 0 aliphatic carbocycles. The number of nitrogens with zero attached hydrogens (tertiary/aromatic N) is 3. The molecule has 3 aromatic carbocycles. The van der Waals surface area contributed by atoms with E-state index in [0.717, 1.165) is 46.7 Å². The summed E-state index contributed by atoms with van der Waals surface area (Å²) in [6.45, 7) is 3.47. The summed E-state index contributed by atoms with van der Waals surface area (Å²) in [5.41, 5.74) is 2.42. The minimum absolute atomic E-state index is 0.194. The number of ether oxygens (including phenoxy) is 1. The summed E-state index contributed by atoms with van der Waals surface area (Å²) in [4.78, 5) is 19.1. The smallest absolute Gasteiger partial charge is 0.416 e. The number of amides is 1. The van der Waals surface area contributed by atoms with Gasteiger partial charge in [-0.1, -0.05) is 30.3 Å². The summed E-state index contributed by atoms with van der Waals surface area (Å²) < 4.78 is 47.7. The van der Waals surface area contributed by atoms with Crippen LogP contribution in [0.5, 0.6) is 5.75 Å². The van der Waals surface area contributed by atoms with Crippen molar-refractivity contribution in [1.29, 1.82) is 0 Å². The summed E-state index contributed by atoms with van der Waals surface area (Å²) in [5.74, 6) is 1.16. The summed E-state index contributed by atoms with van der Waals surface area (Å²) in [7, 11) is 0. The van der Waals surface area contributed by atoms with Gasteiger partial charge >= 0.3 is 6.18 Å². The maximum atomic E-state index is 13.2. The molecule has 36 heavy (non-hydrogen) atoms. The van der Waals surface area contributed by atoms with Gasteiger partial charge in [-0.25, -0.2) is 4.98 Å². The molecule has 1 aliphatic rings. The second kappa shape index (κ2) is 9.68. The number of anilines is 1. The lowest BCUT2D eigenvalue weighted by atomic mass is 10.1. The van der Waals surface area contributed by atoms with Crippen molar-refractivity contribution in [1.82, 2.24) is 9.55 Å². The van der Waals surface area contributed by atoms with Crippen molar-refractivity contribution < 1.29 is 22.7 Å². The lowest BCUT2D eigenvalue weighted by Gasteiger charge is -2.19. The number of para-hydroxylation sites is 2. The molecule has 0 radical (unpaired) electrons. The number of fused-ring (bicyclic) bond motifs is 1. The Hall–Kier alpha value is -3.81. The van der Waals surface area contributed by atoms with Crippen molar-refractivity contribution >= 4 is 22.6 Å². The zero-order chi connectivity index (χ0) is 25.3. The highest BCUT2D eigenvalue weighted by Gasteiger charge is 2.36. The van der Waals surface area contributed by atoms with Gasteiger partial charge in [-0.15, -0.1) is 0 Å². The van der Waals surface area contributed by atoms with E-state index in [1.807, 2.05) is 55.5 Å². The molecule has 1 fully saturated rings. The number of alkyl halides is 3. The molecule has 1 atom stereocenters. The first-order valence-electron chi connectivity index (χ1n) is 11.9. The Balaban J connectivity index is 1.35. The molecule has 5 nitrogen and oxygen atoms in total. The fourth-order valence-corrected chi connectivity index (χ4v) is 4.74. The number of aryl methyl sites for hydroxylation is 2. The molecule has 1 amide bonds. The standard InChI is InChI=1S/C28H26F3N3O2/c1-19-7-4-10-23(15-19)36-14-6-13-33-25-12-3-2-11-24(25)32-27(33)20-16-26(35)34(18-20)22-9-5-8-21(17-22)28(29,30)31/h2-5,7-12,15,17,20H,6,13-14,16,18H2,1H3/t20-/m1/s1. The Morgan fingerprint density at radius 3 is 2.64 bits per heavy atom. The van der Waals surface area contributed by atoms with Crippen LogP contribution in [-0.2, 0) is 17.5 Å². The Kier molecular flexibility index (Phi) is 6.43. The van der Waals surface area contributed by atoms with Crippen LogP contribution in [0.3, 0.4) is 0 Å². The number of aromatic nitrogens is 2. The Bertz CT molecular complexity index is 1400. The minimum atomic E-state index is -4.47. The summed E-state index contributed by atoms with van der Waals surface area (Å²) in [6.07, 6.45) is -3.54. The molecular formula is C28H26F3N3O2. The first-order chi connectivity index (χ1) is 17.3. The van der Waals surface area contributed by atoms with Gasteiger partial charge in [-0.05, 0) is 61.4 Å². The average molecular weight is 494 g/mol. The third-order valence-corrected chi connectivity index (χ3v) is 6.44. The largest absolute Gasteiger partial charge is 0.494 e. The highest BCUT2D eigenvalue weighted by Crippen LogP contribution is 2.36. The molecule has 4 aromatic rings. The summed E-state index contributed by atoms with van der Waals surface area (Å²) >= 11 is 0. The van der Waals surface area contributed by atoms with E-state index in [0.29, 0.717) is 13.2 Å². The maximum absolute atomic E-state index is 13.2. The van der Waals surface area contributed by atoms with E-state index in [2.05, 4.69) is 4.57 Å². The van der Waals surface area contributed by atoms with Crippen LogP contribution in [0.2, 0.25) is 0 Å². The zero-order valence-corrected chi connectivity index (χ0v) is 19.8. The SMILES string of the molecule is Cc1cccc(OCCCn2c([C@@H]3CC(=O)N(c4cccc(C(F)(F)F)c4)C3)nc3ccccc32)c1. The zero-order valence-electron chi connectivity index (χ0n) is 19.8. The Morgan fingerprint density at radius 1 is 1.03 bits per heavy atom. The molecule has 0 saturated carbocycles. The average Bonchev–Trinajstić information content (AvgIpc) is 3.42. The molecule has 0 N–H and O–H groups in total. The number of hydrogen-bond donors (Lipinski definition) is 0. The van der Waals surface area contributed by atoms with E-state index >= 15 is 0 Å². The normalized spacial score (nSPS) is 16.2. The van der Waals surface area contributed by atoms with E-state index in [9.17, 15) is 18.0 Å². The van der Waals surface area contributed by atoms with Crippen LogP contribution in [0.4, 0.5) is 18.9 Å². The monoisotopic (exact) mass is 493 g/mol. The van der Waals surface area contributed by atoms with Crippen LogP contribution in [-0.4, -0.2) is 28.6 Å². The van der Waals surface area contributed by atoms with Gasteiger partial charge < -0.3 is 14.2 Å². The van der Waals surface area contributed by atoms with Gasteiger partial charge in [-0.2, -0.15) is 13.2 Å². The quantitative estimate of drug-likeness (QED) is 0.282. The van der Waals surface area contributed by atoms with E-state index in [4.69, 9.17) is 9.72 Å². The molecule has 0 bridgehead atoms. The van der Waals surface area contributed by atoms with Gasteiger partial charge in [0, 0.05) is 31.1 Å². The van der Waals surface area contributed by atoms with Crippen LogP contribution < -0.4 is 9.64 Å². The molecule has 1 aliphatic heterocycles. The fourth-order valence-electron chi connectivity index (χ4n) is 4.74. The molecule has 1 saturated heterocycles. The molecule has 1 aromatic heterocycles. The second-order valence-electron chi connectivity index (χ2n) is 9.08. The topological polar surface area (TPSA) is 47.4 Å². The Labute approximate surface area is 207 Å². The van der Waals surface area contributed by atoms with Crippen LogP contribution in [0, 0.1) is 6.92 Å². The van der Waals surface area contributed by atoms with Crippen LogP contribution >= 0.6 is 0 Å².